The van der Waals surface area contributed by atoms with Crippen LogP contribution in [0.25, 0.3) is 0 Å². The summed E-state index contributed by atoms with van der Waals surface area (Å²) in [5.74, 6) is 0. The van der Waals surface area contributed by atoms with E-state index in [9.17, 15) is 0 Å². The zero-order valence-electron chi connectivity index (χ0n) is 11.2. The third kappa shape index (κ3) is 3.07. The van der Waals surface area contributed by atoms with Crippen molar-refractivity contribution in [2.24, 2.45) is 0 Å². The van der Waals surface area contributed by atoms with Crippen LogP contribution in [0.15, 0.2) is 0 Å². The van der Waals surface area contributed by atoms with E-state index < -0.39 is 0 Å². The van der Waals surface area contributed by atoms with Crippen LogP contribution in [0.5, 0.6) is 0 Å². The summed E-state index contributed by atoms with van der Waals surface area (Å²) < 4.78 is 7.49. The molecule has 0 atom stereocenters. The highest BCUT2D eigenvalue weighted by Gasteiger charge is 2.11. The highest BCUT2D eigenvalue weighted by molar-refractivity contribution is 5.21. The molecule has 4 heteroatoms. The fraction of sp³-hybridized carbons (Fsp3) is 0.769. The normalized spacial score (nSPS) is 17.6. The lowest BCUT2D eigenvalue weighted by Crippen LogP contribution is -2.37. The second-order valence-corrected chi connectivity index (χ2v) is 4.83. The lowest BCUT2D eigenvalue weighted by atomic mass is 10.2. The quantitative estimate of drug-likeness (QED) is 0.795. The molecule has 0 bridgehead atoms. The van der Waals surface area contributed by atoms with Crippen molar-refractivity contribution in [1.29, 1.82) is 0 Å². The first-order chi connectivity index (χ1) is 8.18. The highest BCUT2D eigenvalue weighted by Crippen LogP contribution is 2.11. The smallest absolute Gasteiger partial charge is 0.0625 e. The van der Waals surface area contributed by atoms with Crippen molar-refractivity contribution in [3.05, 3.63) is 17.0 Å². The minimum Gasteiger partial charge on any atom is -0.379 e. The minimum atomic E-state index is 0.888. The Morgan fingerprint density at radius 3 is 2.41 bits per heavy atom. The number of aromatic nitrogens is 2. The van der Waals surface area contributed by atoms with Crippen LogP contribution in [0.2, 0.25) is 0 Å². The van der Waals surface area contributed by atoms with E-state index in [1.165, 1.54) is 17.7 Å². The Kier molecular flexibility index (Phi) is 4.18. The van der Waals surface area contributed by atoms with Crippen molar-refractivity contribution in [1.82, 2.24) is 14.7 Å². The van der Waals surface area contributed by atoms with Crippen LogP contribution in [0.1, 0.15) is 23.4 Å². The van der Waals surface area contributed by atoms with E-state index in [1.807, 2.05) is 0 Å². The van der Waals surface area contributed by atoms with E-state index in [-0.39, 0.29) is 0 Å². The average Bonchev–Trinajstić information content (AvgIpc) is 2.59. The molecule has 96 valence electrons. The summed E-state index contributed by atoms with van der Waals surface area (Å²) in [5, 5.41) is 4.57. The van der Waals surface area contributed by atoms with Gasteiger partial charge < -0.3 is 4.74 Å². The minimum absolute atomic E-state index is 0.888. The standard InChI is InChI=1S/C13H23N3O/c1-11-12(2)14-16(13(11)3)6-4-5-15-7-9-17-10-8-15/h4-10H2,1-3H3. The number of hydrogen-bond donors (Lipinski definition) is 0. The van der Waals surface area contributed by atoms with E-state index in [4.69, 9.17) is 4.74 Å². The van der Waals surface area contributed by atoms with Crippen molar-refractivity contribution in [3.8, 4) is 0 Å². The second-order valence-electron chi connectivity index (χ2n) is 4.83. The largest absolute Gasteiger partial charge is 0.379 e. The van der Waals surface area contributed by atoms with E-state index in [0.29, 0.717) is 0 Å². The third-order valence-electron chi connectivity index (χ3n) is 3.69. The fourth-order valence-electron chi connectivity index (χ4n) is 2.27. The number of morpholine rings is 1. The van der Waals surface area contributed by atoms with Crippen LogP contribution in [0, 0.1) is 20.8 Å². The molecular formula is C13H23N3O. The Bertz CT molecular complexity index is 367. The number of nitrogens with zero attached hydrogens (tertiary/aromatic N) is 3. The van der Waals surface area contributed by atoms with Gasteiger partial charge in [-0.15, -0.1) is 0 Å². The molecule has 1 fully saturated rings. The summed E-state index contributed by atoms with van der Waals surface area (Å²) >= 11 is 0. The monoisotopic (exact) mass is 237 g/mol. The first kappa shape index (κ1) is 12.6. The van der Waals surface area contributed by atoms with Crippen molar-refractivity contribution < 1.29 is 4.74 Å². The molecule has 0 N–H and O–H groups in total. The van der Waals surface area contributed by atoms with Crippen LogP contribution in [-0.2, 0) is 11.3 Å². The molecule has 4 nitrogen and oxygen atoms in total. The van der Waals surface area contributed by atoms with Crippen molar-refractivity contribution >= 4 is 0 Å². The van der Waals surface area contributed by atoms with Gasteiger partial charge in [0.15, 0.2) is 0 Å². The van der Waals surface area contributed by atoms with E-state index in [1.54, 1.807) is 0 Å². The highest BCUT2D eigenvalue weighted by atomic mass is 16.5. The molecule has 17 heavy (non-hydrogen) atoms. The Balaban J connectivity index is 1.79. The van der Waals surface area contributed by atoms with Gasteiger partial charge in [0, 0.05) is 31.9 Å². The zero-order chi connectivity index (χ0) is 12.3. The molecule has 0 unspecified atom stereocenters. The third-order valence-corrected chi connectivity index (χ3v) is 3.69. The molecule has 2 rings (SSSR count). The van der Waals surface area contributed by atoms with Gasteiger partial charge in [-0.05, 0) is 32.8 Å². The molecule has 1 aromatic heterocycles. The Morgan fingerprint density at radius 2 is 1.82 bits per heavy atom. The molecule has 1 saturated heterocycles. The summed E-state index contributed by atoms with van der Waals surface area (Å²) in [6, 6.07) is 0. The van der Waals surface area contributed by atoms with E-state index >= 15 is 0 Å². The van der Waals surface area contributed by atoms with Crippen molar-refractivity contribution in [2.75, 3.05) is 32.8 Å². The molecule has 0 aliphatic carbocycles. The number of ether oxygens (including phenoxy) is 1. The van der Waals surface area contributed by atoms with Gasteiger partial charge in [-0.25, -0.2) is 0 Å². The predicted molar refractivity (Wildman–Crippen MR) is 68.3 cm³/mol. The lowest BCUT2D eigenvalue weighted by molar-refractivity contribution is 0.0368. The Hall–Kier alpha value is -0.870. The summed E-state index contributed by atoms with van der Waals surface area (Å²) in [4.78, 5) is 2.47. The molecule has 1 aliphatic heterocycles. The summed E-state index contributed by atoms with van der Waals surface area (Å²) in [6.07, 6.45) is 1.17. The summed E-state index contributed by atoms with van der Waals surface area (Å²) in [5.41, 5.74) is 3.80. The number of rotatable bonds is 4. The van der Waals surface area contributed by atoms with Gasteiger partial charge in [-0.2, -0.15) is 5.10 Å². The Morgan fingerprint density at radius 1 is 1.12 bits per heavy atom. The van der Waals surface area contributed by atoms with E-state index in [0.717, 1.165) is 45.1 Å². The summed E-state index contributed by atoms with van der Waals surface area (Å²) in [7, 11) is 0. The maximum absolute atomic E-state index is 5.34. The van der Waals surface area contributed by atoms with Crippen molar-refractivity contribution in [2.45, 2.75) is 33.7 Å². The molecule has 0 aromatic carbocycles. The van der Waals surface area contributed by atoms with Gasteiger partial charge in [0.05, 0.1) is 18.9 Å². The molecule has 1 aromatic rings. The predicted octanol–water partition coefficient (Wildman–Crippen LogP) is 1.53. The van der Waals surface area contributed by atoms with Gasteiger partial charge in [-0.3, -0.25) is 9.58 Å². The molecule has 2 heterocycles. The van der Waals surface area contributed by atoms with Gasteiger partial charge in [0.1, 0.15) is 0 Å². The molecule has 0 radical (unpaired) electrons. The SMILES string of the molecule is Cc1nn(CCCN2CCOCC2)c(C)c1C. The van der Waals surface area contributed by atoms with E-state index in [2.05, 4.69) is 35.5 Å². The first-order valence-corrected chi connectivity index (χ1v) is 6.49. The Labute approximate surface area is 104 Å². The maximum atomic E-state index is 5.34. The van der Waals surface area contributed by atoms with Crippen LogP contribution in [0.3, 0.4) is 0 Å². The maximum Gasteiger partial charge on any atom is 0.0625 e. The van der Waals surface area contributed by atoms with Crippen LogP contribution >= 0.6 is 0 Å². The fourth-order valence-corrected chi connectivity index (χ4v) is 2.27. The second kappa shape index (κ2) is 5.65. The molecule has 0 spiro atoms. The van der Waals surface area contributed by atoms with Gasteiger partial charge in [0.25, 0.3) is 0 Å². The van der Waals surface area contributed by atoms with Gasteiger partial charge in [0.2, 0.25) is 0 Å². The van der Waals surface area contributed by atoms with Gasteiger partial charge >= 0.3 is 0 Å². The lowest BCUT2D eigenvalue weighted by Gasteiger charge is -2.26. The summed E-state index contributed by atoms with van der Waals surface area (Å²) in [6.45, 7) is 12.5. The topological polar surface area (TPSA) is 30.3 Å². The van der Waals surface area contributed by atoms with Crippen LogP contribution < -0.4 is 0 Å². The zero-order valence-corrected chi connectivity index (χ0v) is 11.2. The first-order valence-electron chi connectivity index (χ1n) is 6.49. The molecule has 1 aliphatic rings. The van der Waals surface area contributed by atoms with Crippen molar-refractivity contribution in [3.63, 3.8) is 0 Å². The molecule has 0 amide bonds. The number of aryl methyl sites for hydroxylation is 2. The molecule has 0 saturated carbocycles. The van der Waals surface area contributed by atoms with Crippen LogP contribution in [0.4, 0.5) is 0 Å². The van der Waals surface area contributed by atoms with Crippen LogP contribution in [-0.4, -0.2) is 47.5 Å². The van der Waals surface area contributed by atoms with Gasteiger partial charge in [-0.1, -0.05) is 0 Å². The average molecular weight is 237 g/mol. The number of hydrogen-bond acceptors (Lipinski definition) is 3. The molecular weight excluding hydrogens is 214 g/mol.